The van der Waals surface area contributed by atoms with Crippen molar-refractivity contribution in [1.82, 2.24) is 0 Å². The highest BCUT2D eigenvalue weighted by atomic mass is 31.2. The molecule has 0 aromatic heterocycles. The maximum Gasteiger partial charge on any atom is 0.469 e. The molecule has 4 N–H and O–H groups in total. The van der Waals surface area contributed by atoms with Crippen molar-refractivity contribution in [3.8, 4) is 0 Å². The third-order valence-corrected chi connectivity index (χ3v) is 7.95. The van der Waals surface area contributed by atoms with Gasteiger partial charge in [0.05, 0.1) is 18.8 Å². The second-order valence-corrected chi connectivity index (χ2v) is 13.8. The Morgan fingerprint density at radius 2 is 1.07 bits per heavy atom. The van der Waals surface area contributed by atoms with Crippen LogP contribution in [-0.2, 0) is 28.2 Å². The number of carbonyl (C=O) groups is 2. The third kappa shape index (κ3) is 38.4. The van der Waals surface area contributed by atoms with Crippen LogP contribution in [0.4, 0.5) is 0 Å². The molecule has 54 heavy (non-hydrogen) atoms. The van der Waals surface area contributed by atoms with Gasteiger partial charge >= 0.3 is 19.8 Å². The Hall–Kier alpha value is -3.37. The summed E-state index contributed by atoms with van der Waals surface area (Å²) in [7, 11) is -4.81. The van der Waals surface area contributed by atoms with Crippen molar-refractivity contribution in [1.29, 1.82) is 0 Å². The van der Waals surface area contributed by atoms with Gasteiger partial charge < -0.3 is 29.5 Å². The highest BCUT2D eigenvalue weighted by Gasteiger charge is 2.22. The van der Waals surface area contributed by atoms with Gasteiger partial charge in [-0.2, -0.15) is 0 Å². The Morgan fingerprint density at radius 3 is 1.69 bits per heavy atom. The lowest BCUT2D eigenvalue weighted by molar-refractivity contribution is -0.161. The van der Waals surface area contributed by atoms with Crippen LogP contribution in [0.3, 0.4) is 0 Å². The van der Waals surface area contributed by atoms with Crippen molar-refractivity contribution in [2.75, 3.05) is 13.2 Å². The maximum absolute atomic E-state index is 12.4. The molecule has 0 spiro atoms. The number of aliphatic hydroxyl groups is 2. The van der Waals surface area contributed by atoms with Gasteiger partial charge in [0.25, 0.3) is 0 Å². The molecule has 3 atom stereocenters. The van der Waals surface area contributed by atoms with Crippen LogP contribution in [0.1, 0.15) is 117 Å². The molecule has 0 rings (SSSR count). The van der Waals surface area contributed by atoms with Gasteiger partial charge in [-0.25, -0.2) is 4.57 Å². The van der Waals surface area contributed by atoms with Crippen molar-refractivity contribution in [3.05, 3.63) is 109 Å². The Kier molecular flexibility index (Phi) is 34.3. The minimum atomic E-state index is -4.81. The van der Waals surface area contributed by atoms with E-state index in [4.69, 9.17) is 19.3 Å². The summed E-state index contributed by atoms with van der Waals surface area (Å²) < 4.78 is 26.2. The average Bonchev–Trinajstić information content (AvgIpc) is 3.13. The SMILES string of the molecule is CC/C=C\C/C=C\C/C=C\CCCCCCCC(=O)OC[C@H](COP(=O)(O)O)OC(=O)CC/C=C\C/C=C\C[C@@H](O)/C=C/C=C\C=C\[C@@H](O)C/C=C\CC. The Labute approximate surface area is 324 Å². The first-order valence-corrected chi connectivity index (χ1v) is 20.9. The van der Waals surface area contributed by atoms with Gasteiger partial charge in [-0.05, 0) is 70.6 Å². The van der Waals surface area contributed by atoms with Crippen LogP contribution in [0.15, 0.2) is 109 Å². The highest BCUT2D eigenvalue weighted by Crippen LogP contribution is 2.35. The van der Waals surface area contributed by atoms with Gasteiger partial charge in [-0.1, -0.05) is 142 Å². The van der Waals surface area contributed by atoms with Crippen molar-refractivity contribution in [2.24, 2.45) is 0 Å². The van der Waals surface area contributed by atoms with Crippen LogP contribution >= 0.6 is 7.82 Å². The van der Waals surface area contributed by atoms with Crippen molar-refractivity contribution >= 4 is 19.8 Å². The van der Waals surface area contributed by atoms with E-state index >= 15 is 0 Å². The lowest BCUT2D eigenvalue weighted by Gasteiger charge is -2.18. The number of unbranched alkanes of at least 4 members (excludes halogenated alkanes) is 5. The van der Waals surface area contributed by atoms with Crippen LogP contribution in [0.5, 0.6) is 0 Å². The number of phosphoric acid groups is 1. The maximum atomic E-state index is 12.4. The number of hydrogen-bond donors (Lipinski definition) is 4. The van der Waals surface area contributed by atoms with E-state index in [1.165, 1.54) is 0 Å². The van der Waals surface area contributed by atoms with Gasteiger partial charge in [-0.3, -0.25) is 14.1 Å². The summed E-state index contributed by atoms with van der Waals surface area (Å²) in [5.74, 6) is -1.09. The van der Waals surface area contributed by atoms with Gasteiger partial charge in [0.2, 0.25) is 0 Å². The van der Waals surface area contributed by atoms with E-state index in [1.54, 1.807) is 36.5 Å². The molecular weight excluding hydrogens is 707 g/mol. The molecule has 0 saturated heterocycles. The first kappa shape index (κ1) is 50.6. The monoisotopic (exact) mass is 774 g/mol. The number of esters is 2. The zero-order valence-electron chi connectivity index (χ0n) is 32.5. The van der Waals surface area contributed by atoms with E-state index in [9.17, 15) is 24.4 Å². The van der Waals surface area contributed by atoms with Crippen LogP contribution in [0, 0.1) is 0 Å². The molecule has 0 radical (unpaired) electrons. The lowest BCUT2D eigenvalue weighted by atomic mass is 10.1. The number of hydrogen-bond acceptors (Lipinski definition) is 8. The normalized spacial score (nSPS) is 14.9. The molecular formula is C43H67O10P. The fraction of sp³-hybridized carbons (Fsp3) is 0.535. The quantitative estimate of drug-likeness (QED) is 0.0166. The minimum Gasteiger partial charge on any atom is -0.462 e. The molecule has 0 aliphatic carbocycles. The number of allylic oxidation sites excluding steroid dienone is 14. The summed E-state index contributed by atoms with van der Waals surface area (Å²) in [5.41, 5.74) is 0. The molecule has 0 aromatic carbocycles. The molecule has 11 heteroatoms. The van der Waals surface area contributed by atoms with Crippen LogP contribution < -0.4 is 0 Å². The standard InChI is InChI=1S/C43H67O10P/c1-3-5-7-8-9-10-11-12-13-14-15-16-17-21-29-35-42(46)51-37-41(38-52-54(48,49)50)53-43(47)36-30-22-19-18-20-26-32-40(45)34-28-24-23-27-33-39(44)31-25-6-4-2/h5-7,9-10,12-13,19-20,22-28,33-34,39-41,44-45H,3-4,8,11,14-18,21,29-32,35-38H2,1-2H3,(H2,48,49,50)/b7-5-,10-9-,13-12-,22-19-,24-23-,25-6-,26-20-,33-27+,34-28+/t39-,40+,41+/m0/s1. The number of carbonyl (C=O) groups excluding carboxylic acids is 2. The van der Waals surface area contributed by atoms with Gasteiger partial charge in [0.1, 0.15) is 6.61 Å². The largest absolute Gasteiger partial charge is 0.469 e. The van der Waals surface area contributed by atoms with Crippen LogP contribution in [0.25, 0.3) is 0 Å². The zero-order chi connectivity index (χ0) is 40.0. The Balaban J connectivity index is 4.27. The molecule has 0 heterocycles. The summed E-state index contributed by atoms with van der Waals surface area (Å²) in [6.45, 7) is 3.19. The number of rotatable bonds is 33. The van der Waals surface area contributed by atoms with E-state index in [2.05, 4.69) is 47.9 Å². The number of aliphatic hydroxyl groups excluding tert-OH is 2. The van der Waals surface area contributed by atoms with E-state index in [0.29, 0.717) is 32.1 Å². The first-order chi connectivity index (χ1) is 26.1. The van der Waals surface area contributed by atoms with Crippen molar-refractivity contribution in [3.63, 3.8) is 0 Å². The molecule has 10 nitrogen and oxygen atoms in total. The van der Waals surface area contributed by atoms with Gasteiger partial charge in [0.15, 0.2) is 6.10 Å². The van der Waals surface area contributed by atoms with Crippen LogP contribution in [0.2, 0.25) is 0 Å². The van der Waals surface area contributed by atoms with Crippen molar-refractivity contribution in [2.45, 2.75) is 135 Å². The number of phosphoric ester groups is 1. The second kappa shape index (κ2) is 36.6. The van der Waals surface area contributed by atoms with E-state index in [0.717, 1.165) is 57.8 Å². The molecule has 0 amide bonds. The van der Waals surface area contributed by atoms with Crippen LogP contribution in [-0.4, -0.2) is 63.5 Å². The molecule has 0 aliphatic heterocycles. The predicted octanol–water partition coefficient (Wildman–Crippen LogP) is 9.56. The second-order valence-electron chi connectivity index (χ2n) is 12.5. The summed E-state index contributed by atoms with van der Waals surface area (Å²) in [4.78, 5) is 42.7. The zero-order valence-corrected chi connectivity index (χ0v) is 33.4. The summed E-state index contributed by atoms with van der Waals surface area (Å²) in [5, 5.41) is 19.9. The molecule has 0 saturated carbocycles. The van der Waals surface area contributed by atoms with E-state index in [1.807, 2.05) is 43.4 Å². The minimum absolute atomic E-state index is 0.0193. The summed E-state index contributed by atoms with van der Waals surface area (Å²) in [6.07, 6.45) is 44.6. The highest BCUT2D eigenvalue weighted by molar-refractivity contribution is 7.46. The smallest absolute Gasteiger partial charge is 0.462 e. The topological polar surface area (TPSA) is 160 Å². The third-order valence-electron chi connectivity index (χ3n) is 7.47. The Morgan fingerprint density at radius 1 is 0.574 bits per heavy atom. The first-order valence-electron chi connectivity index (χ1n) is 19.4. The Bertz CT molecular complexity index is 1270. The summed E-state index contributed by atoms with van der Waals surface area (Å²) >= 11 is 0. The van der Waals surface area contributed by atoms with Gasteiger partial charge in [0, 0.05) is 12.8 Å². The van der Waals surface area contributed by atoms with Gasteiger partial charge in [-0.15, -0.1) is 0 Å². The fourth-order valence-electron chi connectivity index (χ4n) is 4.59. The van der Waals surface area contributed by atoms with E-state index < -0.39 is 44.7 Å². The molecule has 0 bridgehead atoms. The van der Waals surface area contributed by atoms with Crippen molar-refractivity contribution < 1.29 is 48.2 Å². The molecule has 0 aliphatic rings. The molecule has 304 valence electrons. The lowest BCUT2D eigenvalue weighted by Crippen LogP contribution is -2.29. The average molecular weight is 775 g/mol. The molecule has 0 aromatic rings. The fourth-order valence-corrected chi connectivity index (χ4v) is 4.95. The van der Waals surface area contributed by atoms with E-state index in [-0.39, 0.29) is 19.4 Å². The molecule has 0 unspecified atom stereocenters. The summed E-state index contributed by atoms with van der Waals surface area (Å²) in [6, 6.07) is 0. The number of ether oxygens (including phenoxy) is 2. The molecule has 0 fully saturated rings. The predicted molar refractivity (Wildman–Crippen MR) is 218 cm³/mol.